The first kappa shape index (κ1) is 5.22. The highest BCUT2D eigenvalue weighted by Crippen LogP contribution is 2.10. The Hall–Kier alpha value is -1.58. The van der Waals surface area contributed by atoms with E-state index in [-0.39, 0.29) is 0 Å². The van der Waals surface area contributed by atoms with E-state index < -0.39 is 0 Å². The molecule has 0 bridgehead atoms. The van der Waals surface area contributed by atoms with Crippen LogP contribution in [0.25, 0.3) is 11.8 Å². The minimum atomic E-state index is 0.634. The molecule has 0 amide bonds. The van der Waals surface area contributed by atoms with Crippen molar-refractivity contribution in [3.8, 4) is 0 Å². The summed E-state index contributed by atoms with van der Waals surface area (Å²) in [6, 6.07) is 1.86. The molecule has 4 nitrogen and oxygen atoms in total. The minimum absolute atomic E-state index is 0.634. The molecule has 0 saturated carbocycles. The molecule has 0 aliphatic carbocycles. The molecule has 2 heterocycles. The average molecular weight is 135 g/mol. The highest BCUT2D eigenvalue weighted by Gasteiger charge is 2.02. The zero-order valence-corrected chi connectivity index (χ0v) is 5.19. The van der Waals surface area contributed by atoms with Gasteiger partial charge in [0.1, 0.15) is 0 Å². The van der Waals surface area contributed by atoms with Crippen molar-refractivity contribution in [2.45, 2.75) is 0 Å². The van der Waals surface area contributed by atoms with E-state index in [2.05, 4.69) is 17.1 Å². The molecule has 2 rings (SSSR count). The van der Waals surface area contributed by atoms with E-state index in [1.165, 1.54) is 0 Å². The summed E-state index contributed by atoms with van der Waals surface area (Å²) < 4.78 is 6.36. The van der Waals surface area contributed by atoms with Gasteiger partial charge >= 0.3 is 0 Å². The third-order valence-corrected chi connectivity index (χ3v) is 1.33. The Bertz CT molecular complexity index is 360. The summed E-state index contributed by atoms with van der Waals surface area (Å²) in [7, 11) is 0. The predicted molar refractivity (Wildman–Crippen MR) is 35.3 cm³/mol. The first-order valence-corrected chi connectivity index (χ1v) is 2.84. The Morgan fingerprint density at radius 3 is 3.40 bits per heavy atom. The quantitative estimate of drug-likeness (QED) is 0.585. The van der Waals surface area contributed by atoms with E-state index in [1.54, 1.807) is 16.8 Å². The van der Waals surface area contributed by atoms with Gasteiger partial charge in [0, 0.05) is 11.8 Å². The molecule has 2 aromatic heterocycles. The van der Waals surface area contributed by atoms with Crippen LogP contribution in [0.4, 0.5) is 0 Å². The summed E-state index contributed by atoms with van der Waals surface area (Å²) in [5.41, 5.74) is 1.54. The van der Waals surface area contributed by atoms with E-state index in [0.717, 1.165) is 5.56 Å². The van der Waals surface area contributed by atoms with Crippen LogP contribution in [0.15, 0.2) is 23.4 Å². The molecule has 0 atom stereocenters. The molecule has 0 spiro atoms. The largest absolute Gasteiger partial charge is 0.317 e. The van der Waals surface area contributed by atoms with Crippen molar-refractivity contribution in [2.24, 2.45) is 0 Å². The van der Waals surface area contributed by atoms with Gasteiger partial charge in [-0.2, -0.15) is 4.52 Å². The van der Waals surface area contributed by atoms with E-state index in [0.29, 0.717) is 5.71 Å². The second-order valence-electron chi connectivity index (χ2n) is 1.89. The van der Waals surface area contributed by atoms with Crippen LogP contribution in [-0.4, -0.2) is 15.0 Å². The van der Waals surface area contributed by atoms with Crippen molar-refractivity contribution in [3.63, 3.8) is 0 Å². The lowest BCUT2D eigenvalue weighted by molar-refractivity contribution is 0.422. The number of aromatic nitrogens is 3. The van der Waals surface area contributed by atoms with Gasteiger partial charge in [0.2, 0.25) is 0 Å². The fourth-order valence-corrected chi connectivity index (χ4v) is 0.839. The number of nitrogens with zero attached hydrogens (tertiary/aromatic N) is 3. The summed E-state index contributed by atoms with van der Waals surface area (Å²) >= 11 is 0. The monoisotopic (exact) mass is 135 g/mol. The normalized spacial score (nSPS) is 10.4. The van der Waals surface area contributed by atoms with Crippen molar-refractivity contribution < 1.29 is 4.52 Å². The van der Waals surface area contributed by atoms with E-state index in [4.69, 9.17) is 4.52 Å². The molecular formula is C6H5N3O. The molecule has 0 fully saturated rings. The maximum Gasteiger partial charge on any atom is 0.260 e. The van der Waals surface area contributed by atoms with Crippen LogP contribution in [0, 0.1) is 0 Å². The Morgan fingerprint density at radius 2 is 2.60 bits per heavy atom. The van der Waals surface area contributed by atoms with Crippen LogP contribution in [0.3, 0.4) is 0 Å². The molecule has 2 aromatic rings. The molecule has 4 heteroatoms. The molecule has 0 N–H and O–H groups in total. The Balaban J connectivity index is 2.88. The van der Waals surface area contributed by atoms with Gasteiger partial charge in [0.15, 0.2) is 0 Å². The second kappa shape index (κ2) is 1.70. The standard InChI is InChI=1S/C6H5N3O/c1-2-5-3-4-9-6(5)10-8-7-9/h2-4H,1H2. The summed E-state index contributed by atoms with van der Waals surface area (Å²) in [6.07, 6.45) is 3.46. The van der Waals surface area contributed by atoms with Crippen molar-refractivity contribution in [1.29, 1.82) is 0 Å². The van der Waals surface area contributed by atoms with Gasteiger partial charge in [-0.1, -0.05) is 12.7 Å². The molecule has 0 saturated heterocycles. The van der Waals surface area contributed by atoms with Gasteiger partial charge < -0.3 is 4.52 Å². The zero-order chi connectivity index (χ0) is 6.97. The highest BCUT2D eigenvalue weighted by atomic mass is 16.5. The summed E-state index contributed by atoms with van der Waals surface area (Å²) in [6.45, 7) is 3.60. The number of hydrogen-bond donors (Lipinski definition) is 0. The molecule has 0 aliphatic heterocycles. The van der Waals surface area contributed by atoms with Crippen molar-refractivity contribution in [1.82, 2.24) is 15.0 Å². The van der Waals surface area contributed by atoms with Crippen LogP contribution in [-0.2, 0) is 0 Å². The maximum atomic E-state index is 4.81. The third kappa shape index (κ3) is 0.500. The topological polar surface area (TPSA) is 43.3 Å². The molecule has 0 aliphatic rings. The van der Waals surface area contributed by atoms with Crippen LogP contribution in [0.5, 0.6) is 0 Å². The first-order valence-electron chi connectivity index (χ1n) is 2.84. The van der Waals surface area contributed by atoms with E-state index in [1.807, 2.05) is 6.07 Å². The molecule has 10 heavy (non-hydrogen) atoms. The van der Waals surface area contributed by atoms with Gasteiger partial charge in [-0.3, -0.25) is 0 Å². The van der Waals surface area contributed by atoms with Gasteiger partial charge in [0.25, 0.3) is 5.71 Å². The maximum absolute atomic E-state index is 4.81. The van der Waals surface area contributed by atoms with Crippen LogP contribution in [0.2, 0.25) is 0 Å². The van der Waals surface area contributed by atoms with Gasteiger partial charge in [-0.15, -0.1) is 0 Å². The van der Waals surface area contributed by atoms with Crippen LogP contribution < -0.4 is 0 Å². The number of fused-ring (bicyclic) bond motifs is 1. The third-order valence-electron chi connectivity index (χ3n) is 1.33. The second-order valence-corrected chi connectivity index (χ2v) is 1.89. The fourth-order valence-electron chi connectivity index (χ4n) is 0.839. The van der Waals surface area contributed by atoms with Gasteiger partial charge in [-0.25, -0.2) is 0 Å². The lowest BCUT2D eigenvalue weighted by Crippen LogP contribution is -1.77. The summed E-state index contributed by atoms with van der Waals surface area (Å²) in [5, 5.41) is 7.00. The zero-order valence-electron chi connectivity index (χ0n) is 5.19. The van der Waals surface area contributed by atoms with Crippen molar-refractivity contribution >= 4 is 11.8 Å². The van der Waals surface area contributed by atoms with Crippen LogP contribution >= 0.6 is 0 Å². The molecular weight excluding hydrogens is 130 g/mol. The number of rotatable bonds is 1. The Morgan fingerprint density at radius 1 is 1.70 bits per heavy atom. The van der Waals surface area contributed by atoms with Crippen molar-refractivity contribution in [3.05, 3.63) is 24.4 Å². The predicted octanol–water partition coefficient (Wildman–Crippen LogP) is 0.965. The van der Waals surface area contributed by atoms with Gasteiger partial charge in [0.05, 0.1) is 5.27 Å². The Labute approximate surface area is 56.7 Å². The molecule has 0 unspecified atom stereocenters. The van der Waals surface area contributed by atoms with E-state index in [9.17, 15) is 0 Å². The lowest BCUT2D eigenvalue weighted by atomic mass is 10.3. The van der Waals surface area contributed by atoms with Gasteiger partial charge in [-0.05, 0) is 11.3 Å². The first-order chi connectivity index (χ1) is 4.92. The molecule has 50 valence electrons. The highest BCUT2D eigenvalue weighted by molar-refractivity contribution is 5.62. The molecule has 0 aromatic carbocycles. The summed E-state index contributed by atoms with van der Waals surface area (Å²) in [5.74, 6) is 0. The van der Waals surface area contributed by atoms with Crippen LogP contribution in [0.1, 0.15) is 5.56 Å². The smallest absolute Gasteiger partial charge is 0.260 e. The Kier molecular flexibility index (Phi) is 0.887. The summed E-state index contributed by atoms with van der Waals surface area (Å²) in [4.78, 5) is 0. The van der Waals surface area contributed by atoms with Crippen molar-refractivity contribution in [2.75, 3.05) is 0 Å². The lowest BCUT2D eigenvalue weighted by Gasteiger charge is -1.76. The minimum Gasteiger partial charge on any atom is -0.317 e. The fraction of sp³-hybridized carbons (Fsp3) is 0. The molecule has 0 radical (unpaired) electrons. The average Bonchev–Trinajstić information content (AvgIpc) is 2.44. The SMILES string of the molecule is C=Cc1ccn2nnoc12. The number of hydrogen-bond acceptors (Lipinski definition) is 3. The van der Waals surface area contributed by atoms with E-state index >= 15 is 0 Å².